The minimum Gasteiger partial charge on any atom is -0.490 e. The first-order valence-electron chi connectivity index (χ1n) is 9.99. The monoisotopic (exact) mass is 410 g/mol. The Bertz CT molecular complexity index is 884. The van der Waals surface area contributed by atoms with Crippen LogP contribution in [0.3, 0.4) is 0 Å². The summed E-state index contributed by atoms with van der Waals surface area (Å²) in [5.41, 5.74) is 1.69. The minimum absolute atomic E-state index is 0.0758. The largest absolute Gasteiger partial charge is 0.490 e. The number of anilines is 1. The summed E-state index contributed by atoms with van der Waals surface area (Å²) in [4.78, 5) is 40.5. The third kappa shape index (κ3) is 5.59. The Hall–Kier alpha value is -3.35. The molecule has 0 aliphatic carbocycles. The number of nitrogens with zero attached hydrogens (tertiary/aromatic N) is 2. The molecule has 2 aromatic carbocycles. The molecule has 0 saturated carbocycles. The third-order valence-electron chi connectivity index (χ3n) is 4.96. The molecule has 0 bridgehead atoms. The van der Waals surface area contributed by atoms with Crippen LogP contribution >= 0.6 is 0 Å². The van der Waals surface area contributed by atoms with Crippen LogP contribution < -0.4 is 9.64 Å². The van der Waals surface area contributed by atoms with Gasteiger partial charge in [0.1, 0.15) is 12.4 Å². The van der Waals surface area contributed by atoms with Crippen molar-refractivity contribution in [3.05, 3.63) is 60.2 Å². The number of carbonyl (C=O) groups is 3. The van der Waals surface area contributed by atoms with Gasteiger partial charge >= 0.3 is 5.97 Å². The molecule has 0 unspecified atom stereocenters. The molecule has 7 nitrogen and oxygen atoms in total. The maximum Gasteiger partial charge on any atom is 0.307 e. The molecule has 7 heteroatoms. The zero-order valence-electron chi connectivity index (χ0n) is 17.1. The second-order valence-electron chi connectivity index (χ2n) is 6.99. The van der Waals surface area contributed by atoms with Crippen LogP contribution in [-0.4, -0.2) is 49.5 Å². The number of hydrogen-bond acceptors (Lipinski definition) is 5. The molecule has 0 N–H and O–H groups in total. The van der Waals surface area contributed by atoms with Crippen LogP contribution in [-0.2, 0) is 25.7 Å². The molecule has 30 heavy (non-hydrogen) atoms. The Morgan fingerprint density at radius 3 is 2.50 bits per heavy atom. The van der Waals surface area contributed by atoms with Crippen molar-refractivity contribution < 1.29 is 23.9 Å². The summed E-state index contributed by atoms with van der Waals surface area (Å²) >= 11 is 0. The van der Waals surface area contributed by atoms with Crippen molar-refractivity contribution in [1.82, 2.24) is 4.90 Å². The average Bonchev–Trinajstić information content (AvgIpc) is 2.79. The molecule has 0 atom stereocenters. The average molecular weight is 410 g/mol. The number of para-hydroxylation sites is 2. The predicted octanol–water partition coefficient (Wildman–Crippen LogP) is 2.78. The van der Waals surface area contributed by atoms with Crippen molar-refractivity contribution in [2.75, 3.05) is 31.7 Å². The Labute approximate surface area is 176 Å². The number of fused-ring (bicyclic) bond motifs is 1. The molecule has 0 aromatic heterocycles. The Morgan fingerprint density at radius 2 is 1.73 bits per heavy atom. The molecule has 0 fully saturated rings. The molecule has 3 rings (SSSR count). The molecule has 158 valence electrons. The molecule has 2 aromatic rings. The van der Waals surface area contributed by atoms with Gasteiger partial charge in [0.25, 0.3) is 0 Å². The first kappa shape index (κ1) is 21.4. The molecule has 1 aliphatic rings. The summed E-state index contributed by atoms with van der Waals surface area (Å²) in [5.74, 6) is 0.0125. The lowest BCUT2D eigenvalue weighted by atomic mass is 10.1. The topological polar surface area (TPSA) is 76.2 Å². The van der Waals surface area contributed by atoms with Gasteiger partial charge in [0.2, 0.25) is 11.8 Å². The summed E-state index contributed by atoms with van der Waals surface area (Å²) < 4.78 is 10.3. The van der Waals surface area contributed by atoms with Gasteiger partial charge in [-0.1, -0.05) is 42.5 Å². The third-order valence-corrected chi connectivity index (χ3v) is 4.96. The maximum absolute atomic E-state index is 12.9. The molecule has 0 spiro atoms. The number of amides is 2. The highest BCUT2D eigenvalue weighted by molar-refractivity contribution is 5.97. The molecule has 2 amide bonds. The van der Waals surface area contributed by atoms with E-state index in [1.165, 1.54) is 7.11 Å². The van der Waals surface area contributed by atoms with E-state index in [2.05, 4.69) is 0 Å². The normalized spacial score (nSPS) is 12.5. The molecular formula is C23H26N2O5. The van der Waals surface area contributed by atoms with Crippen molar-refractivity contribution in [2.45, 2.75) is 25.8 Å². The maximum atomic E-state index is 12.9. The highest BCUT2D eigenvalue weighted by Gasteiger charge is 2.24. The van der Waals surface area contributed by atoms with Gasteiger partial charge in [-0.2, -0.15) is 0 Å². The number of ether oxygens (including phenoxy) is 2. The van der Waals surface area contributed by atoms with Crippen molar-refractivity contribution >= 4 is 23.5 Å². The Kier molecular flexibility index (Phi) is 7.43. The second-order valence-corrected chi connectivity index (χ2v) is 6.99. The van der Waals surface area contributed by atoms with Gasteiger partial charge < -0.3 is 19.3 Å². The van der Waals surface area contributed by atoms with Crippen LogP contribution in [0.1, 0.15) is 24.8 Å². The van der Waals surface area contributed by atoms with Crippen molar-refractivity contribution in [3.63, 3.8) is 0 Å². The first-order chi connectivity index (χ1) is 14.6. The van der Waals surface area contributed by atoms with Crippen LogP contribution in [0.5, 0.6) is 5.75 Å². The number of rotatable bonds is 8. The fourth-order valence-corrected chi connectivity index (χ4v) is 3.36. The van der Waals surface area contributed by atoms with Crippen molar-refractivity contribution in [3.8, 4) is 5.75 Å². The number of methoxy groups -OCH3 is 1. The van der Waals surface area contributed by atoms with E-state index in [0.717, 1.165) is 11.3 Å². The molecule has 0 radical (unpaired) electrons. The summed E-state index contributed by atoms with van der Waals surface area (Å²) in [6.45, 7) is 1.51. The zero-order valence-corrected chi connectivity index (χ0v) is 17.1. The number of hydrogen-bond donors (Lipinski definition) is 0. The summed E-state index contributed by atoms with van der Waals surface area (Å²) in [7, 11) is 1.32. The van der Waals surface area contributed by atoms with E-state index in [9.17, 15) is 14.4 Å². The van der Waals surface area contributed by atoms with Crippen LogP contribution in [0.25, 0.3) is 0 Å². The molecule has 1 heterocycles. The lowest BCUT2D eigenvalue weighted by Crippen LogP contribution is -2.39. The van der Waals surface area contributed by atoms with E-state index in [1.807, 2.05) is 54.6 Å². The highest BCUT2D eigenvalue weighted by Crippen LogP contribution is 2.31. The Balaban J connectivity index is 1.62. The van der Waals surface area contributed by atoms with Crippen LogP contribution in [0, 0.1) is 0 Å². The minimum atomic E-state index is -0.373. The van der Waals surface area contributed by atoms with Gasteiger partial charge in [-0.25, -0.2) is 0 Å². The molecule has 0 saturated heterocycles. The molecule has 1 aliphatic heterocycles. The fourth-order valence-electron chi connectivity index (χ4n) is 3.36. The van der Waals surface area contributed by atoms with Gasteiger partial charge in [-0.05, 0) is 17.7 Å². The number of benzene rings is 2. The smallest absolute Gasteiger partial charge is 0.307 e. The van der Waals surface area contributed by atoms with Crippen molar-refractivity contribution in [2.24, 2.45) is 0 Å². The molecular weight excluding hydrogens is 384 g/mol. The van der Waals surface area contributed by atoms with E-state index in [4.69, 9.17) is 9.47 Å². The van der Waals surface area contributed by atoms with E-state index in [0.29, 0.717) is 25.4 Å². The highest BCUT2D eigenvalue weighted by atomic mass is 16.5. The summed E-state index contributed by atoms with van der Waals surface area (Å²) in [5, 5.41) is 0. The van der Waals surface area contributed by atoms with E-state index >= 15 is 0 Å². The SMILES string of the molecule is COC(=O)CCN(Cc1ccccc1)C(=O)CCC(=O)N1CCOc2ccccc21. The first-order valence-corrected chi connectivity index (χ1v) is 9.99. The van der Waals surface area contributed by atoms with Gasteiger partial charge in [0.15, 0.2) is 0 Å². The summed E-state index contributed by atoms with van der Waals surface area (Å²) in [6, 6.07) is 16.9. The van der Waals surface area contributed by atoms with Gasteiger partial charge in [0.05, 0.1) is 25.8 Å². The van der Waals surface area contributed by atoms with Crippen molar-refractivity contribution in [1.29, 1.82) is 0 Å². The number of esters is 1. The quantitative estimate of drug-likeness (QED) is 0.626. The van der Waals surface area contributed by atoms with E-state index in [-0.39, 0.29) is 43.6 Å². The van der Waals surface area contributed by atoms with Gasteiger partial charge in [-0.3, -0.25) is 14.4 Å². The fraction of sp³-hybridized carbons (Fsp3) is 0.348. The lowest BCUT2D eigenvalue weighted by molar-refractivity contribution is -0.142. The predicted molar refractivity (Wildman–Crippen MR) is 112 cm³/mol. The number of carbonyl (C=O) groups excluding carboxylic acids is 3. The second kappa shape index (κ2) is 10.4. The Morgan fingerprint density at radius 1 is 1.00 bits per heavy atom. The van der Waals surface area contributed by atoms with Crippen LogP contribution in [0.4, 0.5) is 5.69 Å². The standard InChI is InChI=1S/C23H26N2O5/c1-29-23(28)13-14-24(17-18-7-3-2-4-8-18)21(26)11-12-22(27)25-15-16-30-20-10-6-5-9-19(20)25/h2-10H,11-17H2,1H3. The lowest BCUT2D eigenvalue weighted by Gasteiger charge is -2.29. The van der Waals surface area contributed by atoms with Crippen LogP contribution in [0.15, 0.2) is 54.6 Å². The van der Waals surface area contributed by atoms with E-state index < -0.39 is 0 Å². The zero-order chi connectivity index (χ0) is 21.3. The van der Waals surface area contributed by atoms with Crippen LogP contribution in [0.2, 0.25) is 0 Å². The summed E-state index contributed by atoms with van der Waals surface area (Å²) in [6.07, 6.45) is 0.281. The van der Waals surface area contributed by atoms with Gasteiger partial charge in [0, 0.05) is 25.9 Å². The van der Waals surface area contributed by atoms with E-state index in [1.54, 1.807) is 9.80 Å². The van der Waals surface area contributed by atoms with Gasteiger partial charge in [-0.15, -0.1) is 0 Å².